The summed E-state index contributed by atoms with van der Waals surface area (Å²) in [4.78, 5) is 0. The predicted molar refractivity (Wildman–Crippen MR) is 86.3 cm³/mol. The fourth-order valence-corrected chi connectivity index (χ4v) is 1.91. The molecule has 0 aromatic carbocycles. The topological polar surface area (TPSA) is 20.2 Å². The van der Waals surface area contributed by atoms with Crippen molar-refractivity contribution in [3.05, 3.63) is 34.9 Å². The first-order chi connectivity index (χ1) is 8.91. The second-order valence-electron chi connectivity index (χ2n) is 5.89. The van der Waals surface area contributed by atoms with E-state index in [4.69, 9.17) is 0 Å². The Morgan fingerprint density at radius 3 is 1.79 bits per heavy atom. The first-order valence-electron chi connectivity index (χ1n) is 7.54. The molecule has 0 aliphatic heterocycles. The first-order valence-corrected chi connectivity index (χ1v) is 7.54. The van der Waals surface area contributed by atoms with Crippen LogP contribution in [0, 0.1) is 0 Å². The van der Waals surface area contributed by atoms with Gasteiger partial charge >= 0.3 is 0 Å². The summed E-state index contributed by atoms with van der Waals surface area (Å²) in [5.41, 5.74) is 4.34. The number of rotatable bonds is 9. The molecule has 0 bridgehead atoms. The maximum absolute atomic E-state index is 9.19. The summed E-state index contributed by atoms with van der Waals surface area (Å²) in [5, 5.41) is 9.19. The Morgan fingerprint density at radius 2 is 1.32 bits per heavy atom. The molecule has 0 heterocycles. The van der Waals surface area contributed by atoms with Gasteiger partial charge in [0.25, 0.3) is 0 Å². The van der Waals surface area contributed by atoms with E-state index in [2.05, 4.69) is 45.9 Å². The molecule has 19 heavy (non-hydrogen) atoms. The Balaban J connectivity index is 3.83. The van der Waals surface area contributed by atoms with Crippen LogP contribution < -0.4 is 0 Å². The molecule has 110 valence electrons. The lowest BCUT2D eigenvalue weighted by molar-refractivity contribution is 0.186. The Morgan fingerprint density at radius 1 is 0.842 bits per heavy atom. The fourth-order valence-electron chi connectivity index (χ4n) is 1.91. The van der Waals surface area contributed by atoms with E-state index in [0.29, 0.717) is 0 Å². The second kappa shape index (κ2) is 11.0. The quantitative estimate of drug-likeness (QED) is 0.540. The van der Waals surface area contributed by atoms with E-state index in [1.165, 1.54) is 23.1 Å². The first kappa shape index (κ1) is 18.2. The summed E-state index contributed by atoms with van der Waals surface area (Å²) in [7, 11) is 0. The van der Waals surface area contributed by atoms with E-state index in [9.17, 15) is 5.11 Å². The molecule has 0 fully saturated rings. The minimum atomic E-state index is -0.179. The van der Waals surface area contributed by atoms with E-state index >= 15 is 0 Å². The lowest BCUT2D eigenvalue weighted by atomic mass is 10.1. The van der Waals surface area contributed by atoms with Gasteiger partial charge in [-0.25, -0.2) is 0 Å². The molecule has 0 saturated heterocycles. The molecule has 0 aliphatic rings. The summed E-state index contributed by atoms with van der Waals surface area (Å²) in [6.07, 6.45) is 13.2. The van der Waals surface area contributed by atoms with E-state index in [1.54, 1.807) is 0 Å². The van der Waals surface area contributed by atoms with Crippen LogP contribution in [-0.2, 0) is 0 Å². The average Bonchev–Trinajstić information content (AvgIpc) is 2.27. The van der Waals surface area contributed by atoms with Crippen molar-refractivity contribution in [1.82, 2.24) is 0 Å². The number of aliphatic hydroxyl groups excluding tert-OH is 1. The van der Waals surface area contributed by atoms with Gasteiger partial charge in [0.1, 0.15) is 0 Å². The highest BCUT2D eigenvalue weighted by Crippen LogP contribution is 2.12. The van der Waals surface area contributed by atoms with E-state index < -0.39 is 0 Å². The van der Waals surface area contributed by atoms with Crippen LogP contribution in [0.5, 0.6) is 0 Å². The van der Waals surface area contributed by atoms with Gasteiger partial charge in [-0.2, -0.15) is 0 Å². The maximum Gasteiger partial charge on any atom is 0.0515 e. The van der Waals surface area contributed by atoms with Crippen molar-refractivity contribution in [2.75, 3.05) is 0 Å². The van der Waals surface area contributed by atoms with Gasteiger partial charge in [0.05, 0.1) is 6.10 Å². The predicted octanol–water partition coefficient (Wildman–Crippen LogP) is 5.57. The van der Waals surface area contributed by atoms with Gasteiger partial charge in [-0.15, -0.1) is 0 Å². The highest BCUT2D eigenvalue weighted by Gasteiger charge is 1.94. The molecule has 0 rings (SSSR count). The smallest absolute Gasteiger partial charge is 0.0515 e. The van der Waals surface area contributed by atoms with Crippen LogP contribution in [0.3, 0.4) is 0 Å². The minimum absolute atomic E-state index is 0.179. The molecule has 1 nitrogen and oxygen atoms in total. The average molecular weight is 264 g/mol. The molecular formula is C18H32O. The summed E-state index contributed by atoms with van der Waals surface area (Å²) < 4.78 is 0. The molecule has 1 heteroatoms. The SMILES string of the molecule is CC(C)=CCC/C(C)=C/CC/C(C)=C/CCC(C)O. The van der Waals surface area contributed by atoms with E-state index in [0.717, 1.165) is 32.1 Å². The Bertz CT molecular complexity index is 315. The third-order valence-corrected chi connectivity index (χ3v) is 3.20. The Hall–Kier alpha value is -0.820. The van der Waals surface area contributed by atoms with E-state index in [-0.39, 0.29) is 6.10 Å². The fraction of sp³-hybridized carbons (Fsp3) is 0.667. The third-order valence-electron chi connectivity index (χ3n) is 3.20. The largest absolute Gasteiger partial charge is 0.393 e. The standard InChI is InChI=1S/C18H32O/c1-15(2)9-6-10-16(3)11-7-12-17(4)13-8-14-18(5)19/h9,11,13,18-19H,6-8,10,12,14H2,1-5H3/b16-11+,17-13+. The number of allylic oxidation sites excluding steroid dienone is 6. The monoisotopic (exact) mass is 264 g/mol. The van der Waals surface area contributed by atoms with Crippen molar-refractivity contribution in [2.24, 2.45) is 0 Å². The number of hydrogen-bond donors (Lipinski definition) is 1. The van der Waals surface area contributed by atoms with Crippen LogP contribution in [-0.4, -0.2) is 11.2 Å². The van der Waals surface area contributed by atoms with Crippen LogP contribution in [0.25, 0.3) is 0 Å². The third kappa shape index (κ3) is 13.4. The summed E-state index contributed by atoms with van der Waals surface area (Å²) in [6, 6.07) is 0. The highest BCUT2D eigenvalue weighted by atomic mass is 16.3. The zero-order valence-electron chi connectivity index (χ0n) is 13.5. The van der Waals surface area contributed by atoms with Crippen LogP contribution >= 0.6 is 0 Å². The van der Waals surface area contributed by atoms with Gasteiger partial charge in [-0.1, -0.05) is 34.9 Å². The molecule has 1 unspecified atom stereocenters. The minimum Gasteiger partial charge on any atom is -0.393 e. The van der Waals surface area contributed by atoms with Crippen molar-refractivity contribution < 1.29 is 5.11 Å². The molecule has 0 spiro atoms. The highest BCUT2D eigenvalue weighted by molar-refractivity contribution is 5.05. The molecule has 1 N–H and O–H groups in total. The van der Waals surface area contributed by atoms with Crippen LogP contribution in [0.2, 0.25) is 0 Å². The molecule has 1 atom stereocenters. The lowest BCUT2D eigenvalue weighted by Gasteiger charge is -2.03. The molecule has 0 saturated carbocycles. The summed E-state index contributed by atoms with van der Waals surface area (Å²) in [6.45, 7) is 10.6. The van der Waals surface area contributed by atoms with Gasteiger partial charge < -0.3 is 5.11 Å². The van der Waals surface area contributed by atoms with Crippen molar-refractivity contribution in [3.63, 3.8) is 0 Å². The van der Waals surface area contributed by atoms with Crippen molar-refractivity contribution in [2.45, 2.75) is 79.2 Å². The van der Waals surface area contributed by atoms with Gasteiger partial charge in [0.15, 0.2) is 0 Å². The van der Waals surface area contributed by atoms with Crippen LogP contribution in [0.1, 0.15) is 73.1 Å². The van der Waals surface area contributed by atoms with Crippen LogP contribution in [0.4, 0.5) is 0 Å². The zero-order valence-corrected chi connectivity index (χ0v) is 13.5. The van der Waals surface area contributed by atoms with Crippen LogP contribution in [0.15, 0.2) is 34.9 Å². The summed E-state index contributed by atoms with van der Waals surface area (Å²) in [5.74, 6) is 0. The number of hydrogen-bond acceptors (Lipinski definition) is 1. The lowest BCUT2D eigenvalue weighted by Crippen LogP contribution is -1.97. The maximum atomic E-state index is 9.19. The molecule has 0 aromatic heterocycles. The normalized spacial score (nSPS) is 14.4. The van der Waals surface area contributed by atoms with Crippen molar-refractivity contribution >= 4 is 0 Å². The molecule has 0 aliphatic carbocycles. The van der Waals surface area contributed by atoms with Gasteiger partial charge in [0.2, 0.25) is 0 Å². The van der Waals surface area contributed by atoms with Gasteiger partial charge in [-0.3, -0.25) is 0 Å². The van der Waals surface area contributed by atoms with Gasteiger partial charge in [-0.05, 0) is 73.1 Å². The summed E-state index contributed by atoms with van der Waals surface area (Å²) >= 11 is 0. The number of aliphatic hydroxyl groups is 1. The Kier molecular flexibility index (Phi) is 10.6. The zero-order chi connectivity index (χ0) is 14.7. The molecule has 0 amide bonds. The Labute approximate surface area is 120 Å². The second-order valence-corrected chi connectivity index (χ2v) is 5.89. The van der Waals surface area contributed by atoms with Gasteiger partial charge in [0, 0.05) is 0 Å². The van der Waals surface area contributed by atoms with E-state index in [1.807, 2.05) is 6.92 Å². The molecular weight excluding hydrogens is 232 g/mol. The van der Waals surface area contributed by atoms with Crippen molar-refractivity contribution in [1.29, 1.82) is 0 Å². The molecule has 0 aromatic rings. The van der Waals surface area contributed by atoms with Crippen molar-refractivity contribution in [3.8, 4) is 0 Å². The molecule has 0 radical (unpaired) electrons.